The SMILES string of the molecule is Cc1ccc(C(=O)Nc2ccc(N3C(=O)c4cccc([N+](=O)[O-])c4C3=O)cc2)cc1. The molecule has 0 radical (unpaired) electrons. The van der Waals surface area contributed by atoms with Crippen molar-refractivity contribution in [1.82, 2.24) is 0 Å². The fraction of sp³-hybridized carbons (Fsp3) is 0.0455. The quantitative estimate of drug-likeness (QED) is 0.404. The molecule has 0 aliphatic carbocycles. The molecule has 8 heteroatoms. The zero-order chi connectivity index (χ0) is 21.4. The number of benzene rings is 3. The Hall–Kier alpha value is -4.33. The van der Waals surface area contributed by atoms with Crippen LogP contribution in [0.5, 0.6) is 0 Å². The van der Waals surface area contributed by atoms with Crippen LogP contribution in [0.2, 0.25) is 0 Å². The first-order valence-corrected chi connectivity index (χ1v) is 9.01. The van der Waals surface area contributed by atoms with E-state index in [4.69, 9.17) is 0 Å². The van der Waals surface area contributed by atoms with E-state index in [1.165, 1.54) is 30.3 Å². The Bertz CT molecular complexity index is 1200. The number of nitrogens with zero attached hydrogens (tertiary/aromatic N) is 2. The second kappa shape index (κ2) is 7.25. The van der Waals surface area contributed by atoms with E-state index in [1.807, 2.05) is 19.1 Å². The van der Waals surface area contributed by atoms with E-state index in [2.05, 4.69) is 5.32 Å². The van der Waals surface area contributed by atoms with Gasteiger partial charge in [0, 0.05) is 17.3 Å². The molecule has 148 valence electrons. The molecule has 0 fully saturated rings. The van der Waals surface area contributed by atoms with E-state index < -0.39 is 22.4 Å². The van der Waals surface area contributed by atoms with E-state index in [0.717, 1.165) is 10.5 Å². The van der Waals surface area contributed by atoms with Crippen molar-refractivity contribution < 1.29 is 19.3 Å². The van der Waals surface area contributed by atoms with Gasteiger partial charge in [-0.1, -0.05) is 23.8 Å². The topological polar surface area (TPSA) is 110 Å². The number of aryl methyl sites for hydroxylation is 1. The lowest BCUT2D eigenvalue weighted by molar-refractivity contribution is -0.385. The number of nitrogens with one attached hydrogen (secondary N) is 1. The second-order valence-electron chi connectivity index (χ2n) is 6.77. The lowest BCUT2D eigenvalue weighted by atomic mass is 10.1. The van der Waals surface area contributed by atoms with Crippen LogP contribution in [0.15, 0.2) is 66.7 Å². The van der Waals surface area contributed by atoms with Gasteiger partial charge >= 0.3 is 0 Å². The molecule has 0 bridgehead atoms. The summed E-state index contributed by atoms with van der Waals surface area (Å²) < 4.78 is 0. The maximum atomic E-state index is 12.7. The number of nitro benzene ring substituents is 1. The normalized spacial score (nSPS) is 12.6. The maximum absolute atomic E-state index is 12.7. The summed E-state index contributed by atoms with van der Waals surface area (Å²) in [5, 5.41) is 14.0. The molecule has 1 heterocycles. The average molecular weight is 401 g/mol. The summed E-state index contributed by atoms with van der Waals surface area (Å²) in [7, 11) is 0. The molecule has 1 aliphatic heterocycles. The number of fused-ring (bicyclic) bond motifs is 1. The number of amides is 3. The first-order valence-electron chi connectivity index (χ1n) is 9.01. The van der Waals surface area contributed by atoms with Crippen LogP contribution in [0.4, 0.5) is 17.1 Å². The molecule has 0 spiro atoms. The van der Waals surface area contributed by atoms with Crippen molar-refractivity contribution in [2.45, 2.75) is 6.92 Å². The van der Waals surface area contributed by atoms with Crippen molar-refractivity contribution in [3.8, 4) is 0 Å². The number of imide groups is 1. The Morgan fingerprint density at radius 2 is 1.60 bits per heavy atom. The molecule has 3 aromatic carbocycles. The molecule has 0 atom stereocenters. The second-order valence-corrected chi connectivity index (χ2v) is 6.77. The molecule has 1 aliphatic rings. The van der Waals surface area contributed by atoms with E-state index >= 15 is 0 Å². The molecular formula is C22H15N3O5. The largest absolute Gasteiger partial charge is 0.322 e. The Morgan fingerprint density at radius 3 is 2.23 bits per heavy atom. The number of rotatable bonds is 4. The van der Waals surface area contributed by atoms with Crippen molar-refractivity contribution in [3.05, 3.63) is 99.1 Å². The zero-order valence-corrected chi connectivity index (χ0v) is 15.8. The van der Waals surface area contributed by atoms with Crippen molar-refractivity contribution in [2.24, 2.45) is 0 Å². The maximum Gasteiger partial charge on any atom is 0.283 e. The Balaban J connectivity index is 1.57. The van der Waals surface area contributed by atoms with Crippen molar-refractivity contribution in [2.75, 3.05) is 10.2 Å². The third-order valence-corrected chi connectivity index (χ3v) is 4.79. The molecule has 0 saturated carbocycles. The van der Waals surface area contributed by atoms with Crippen molar-refractivity contribution >= 4 is 34.8 Å². The van der Waals surface area contributed by atoms with Gasteiger partial charge in [-0.3, -0.25) is 24.5 Å². The summed E-state index contributed by atoms with van der Waals surface area (Å²) >= 11 is 0. The molecule has 3 aromatic rings. The Morgan fingerprint density at radius 1 is 0.933 bits per heavy atom. The van der Waals surface area contributed by atoms with E-state index in [1.54, 1.807) is 24.3 Å². The minimum atomic E-state index is -0.751. The molecule has 3 amide bonds. The van der Waals surface area contributed by atoms with Gasteiger partial charge in [0.05, 0.1) is 16.2 Å². The summed E-state index contributed by atoms with van der Waals surface area (Å²) in [6.45, 7) is 1.92. The Kier molecular flexibility index (Phi) is 4.59. The van der Waals surface area contributed by atoms with Gasteiger partial charge < -0.3 is 5.32 Å². The molecular weight excluding hydrogens is 386 g/mol. The predicted octanol–water partition coefficient (Wildman–Crippen LogP) is 3.96. The van der Waals surface area contributed by atoms with Gasteiger partial charge in [0.1, 0.15) is 5.56 Å². The first kappa shape index (κ1) is 19.0. The van der Waals surface area contributed by atoms with Crippen LogP contribution in [0, 0.1) is 17.0 Å². The summed E-state index contributed by atoms with van der Waals surface area (Å²) in [6, 6.07) is 17.1. The van der Waals surface area contributed by atoms with Crippen LogP contribution in [-0.2, 0) is 0 Å². The lowest BCUT2D eigenvalue weighted by Crippen LogP contribution is -2.29. The van der Waals surface area contributed by atoms with Gasteiger partial charge in [-0.15, -0.1) is 0 Å². The van der Waals surface area contributed by atoms with Crippen LogP contribution in [-0.4, -0.2) is 22.6 Å². The van der Waals surface area contributed by atoms with Crippen LogP contribution < -0.4 is 10.2 Å². The number of carbonyl (C=O) groups excluding carboxylic acids is 3. The summed E-state index contributed by atoms with van der Waals surface area (Å²) in [5.41, 5.74) is 1.63. The molecule has 4 rings (SSSR count). The van der Waals surface area contributed by atoms with Crippen LogP contribution in [0.1, 0.15) is 36.6 Å². The highest BCUT2D eigenvalue weighted by Crippen LogP contribution is 2.34. The van der Waals surface area contributed by atoms with Gasteiger partial charge in [0.15, 0.2) is 0 Å². The van der Waals surface area contributed by atoms with Crippen molar-refractivity contribution in [3.63, 3.8) is 0 Å². The van der Waals surface area contributed by atoms with E-state index in [-0.39, 0.29) is 22.7 Å². The number of hydrogen-bond donors (Lipinski definition) is 1. The highest BCUT2D eigenvalue weighted by atomic mass is 16.6. The standard InChI is InChI=1S/C22H15N3O5/c1-13-5-7-14(8-6-13)20(26)23-15-9-11-16(12-10-15)24-21(27)17-3-2-4-18(25(29)30)19(17)22(24)28/h2-12H,1H3,(H,23,26). The number of anilines is 2. The summed E-state index contributed by atoms with van der Waals surface area (Å²) in [6.07, 6.45) is 0. The third kappa shape index (κ3) is 3.20. The Labute approximate surface area is 170 Å². The fourth-order valence-electron chi connectivity index (χ4n) is 3.26. The monoisotopic (exact) mass is 401 g/mol. The molecule has 1 N–H and O–H groups in total. The van der Waals surface area contributed by atoms with Gasteiger partial charge in [0.25, 0.3) is 23.4 Å². The van der Waals surface area contributed by atoms with Crippen LogP contribution in [0.25, 0.3) is 0 Å². The lowest BCUT2D eigenvalue weighted by Gasteiger charge is -2.14. The van der Waals surface area contributed by atoms with Gasteiger partial charge in [-0.05, 0) is 49.4 Å². The van der Waals surface area contributed by atoms with Crippen molar-refractivity contribution in [1.29, 1.82) is 0 Å². The number of hydrogen-bond acceptors (Lipinski definition) is 5. The number of nitro groups is 1. The summed E-state index contributed by atoms with van der Waals surface area (Å²) in [4.78, 5) is 49.2. The minimum Gasteiger partial charge on any atom is -0.322 e. The number of carbonyl (C=O) groups is 3. The molecule has 0 aromatic heterocycles. The predicted molar refractivity (Wildman–Crippen MR) is 110 cm³/mol. The molecule has 0 unspecified atom stereocenters. The van der Waals surface area contributed by atoms with Gasteiger partial charge in [0.2, 0.25) is 0 Å². The first-order chi connectivity index (χ1) is 14.4. The smallest absolute Gasteiger partial charge is 0.283 e. The van der Waals surface area contributed by atoms with E-state index in [9.17, 15) is 24.5 Å². The third-order valence-electron chi connectivity index (χ3n) is 4.79. The van der Waals surface area contributed by atoms with Crippen LogP contribution in [0.3, 0.4) is 0 Å². The summed E-state index contributed by atoms with van der Waals surface area (Å²) in [5.74, 6) is -1.67. The molecule has 0 saturated heterocycles. The highest BCUT2D eigenvalue weighted by Gasteiger charge is 2.41. The van der Waals surface area contributed by atoms with Gasteiger partial charge in [-0.2, -0.15) is 0 Å². The highest BCUT2D eigenvalue weighted by molar-refractivity contribution is 6.35. The average Bonchev–Trinajstić information content (AvgIpc) is 2.99. The van der Waals surface area contributed by atoms with Crippen LogP contribution >= 0.6 is 0 Å². The van der Waals surface area contributed by atoms with E-state index in [0.29, 0.717) is 11.3 Å². The zero-order valence-electron chi connectivity index (χ0n) is 15.8. The molecule has 8 nitrogen and oxygen atoms in total. The van der Waals surface area contributed by atoms with Gasteiger partial charge in [-0.25, -0.2) is 4.90 Å². The minimum absolute atomic E-state index is 0.00838. The molecule has 30 heavy (non-hydrogen) atoms. The fourth-order valence-corrected chi connectivity index (χ4v) is 3.26.